The van der Waals surface area contributed by atoms with Crippen LogP contribution < -0.4 is 10.6 Å². The third-order valence-corrected chi connectivity index (χ3v) is 2.22. The third-order valence-electron chi connectivity index (χ3n) is 1.73. The molecule has 1 aromatic carbocycles. The predicted molar refractivity (Wildman–Crippen MR) is 57.2 cm³/mol. The van der Waals surface area contributed by atoms with Crippen molar-refractivity contribution < 1.29 is 18.0 Å². The molecule has 0 radical (unpaired) electrons. The van der Waals surface area contributed by atoms with Gasteiger partial charge >= 0.3 is 6.30 Å². The smallest absolute Gasteiger partial charge is 0.355 e. The first-order valence-corrected chi connectivity index (χ1v) is 4.99. The zero-order valence-corrected chi connectivity index (χ0v) is 9.74. The molecule has 7 heteroatoms. The van der Waals surface area contributed by atoms with Crippen molar-refractivity contribution in [3.8, 4) is 0 Å². The van der Waals surface area contributed by atoms with Gasteiger partial charge in [-0.25, -0.2) is 0 Å². The second-order valence-corrected chi connectivity index (χ2v) is 3.81. The normalized spacial score (nSPS) is 11.1. The molecule has 0 saturated carbocycles. The fourth-order valence-corrected chi connectivity index (χ4v) is 1.46. The maximum Gasteiger partial charge on any atom is 0.482 e. The van der Waals surface area contributed by atoms with Crippen molar-refractivity contribution in [1.82, 2.24) is 5.32 Å². The molecule has 1 amide bonds. The van der Waals surface area contributed by atoms with Gasteiger partial charge < -0.3 is 5.32 Å². The fourth-order valence-electron chi connectivity index (χ4n) is 1.10. The summed E-state index contributed by atoms with van der Waals surface area (Å²) in [5.41, 5.74) is -0.357. The monoisotopic (exact) mass is 296 g/mol. The molecule has 2 N–H and O–H groups in total. The maximum atomic E-state index is 12.1. The highest BCUT2D eigenvalue weighted by Crippen LogP contribution is 2.26. The zero-order valence-electron chi connectivity index (χ0n) is 8.15. The molecule has 0 atom stereocenters. The molecule has 0 bridgehead atoms. The van der Waals surface area contributed by atoms with Crippen LogP contribution in [0.2, 0.25) is 0 Å². The topological polar surface area (TPSA) is 41.1 Å². The molecule has 1 rings (SSSR count). The van der Waals surface area contributed by atoms with Gasteiger partial charge in [0.1, 0.15) is 0 Å². The molecule has 0 heterocycles. The molecule has 0 unspecified atom stereocenters. The number of carbonyl (C=O) groups excluding carboxylic acids is 1. The van der Waals surface area contributed by atoms with Crippen LogP contribution in [-0.4, -0.2) is 19.3 Å². The van der Waals surface area contributed by atoms with E-state index in [9.17, 15) is 18.0 Å². The minimum absolute atomic E-state index is 0.0748. The van der Waals surface area contributed by atoms with Gasteiger partial charge in [0.15, 0.2) is 0 Å². The van der Waals surface area contributed by atoms with E-state index in [1.807, 2.05) is 0 Å². The second kappa shape index (κ2) is 4.73. The minimum atomic E-state index is -4.57. The van der Waals surface area contributed by atoms with Gasteiger partial charge in [-0.1, -0.05) is 15.9 Å². The summed E-state index contributed by atoms with van der Waals surface area (Å²) in [7, 11) is 1.35. The summed E-state index contributed by atoms with van der Waals surface area (Å²) in [6.07, 6.45) is -4.57. The summed E-state index contributed by atoms with van der Waals surface area (Å²) in [6, 6.07) is 3.91. The van der Waals surface area contributed by atoms with Crippen molar-refractivity contribution in [3.05, 3.63) is 28.2 Å². The number of benzene rings is 1. The summed E-state index contributed by atoms with van der Waals surface area (Å²) in [6.45, 7) is 0. The van der Waals surface area contributed by atoms with Crippen LogP contribution in [-0.2, 0) is 0 Å². The first-order chi connectivity index (χ1) is 7.33. The number of carbonyl (C=O) groups is 1. The number of rotatable bonds is 2. The lowest BCUT2D eigenvalue weighted by Crippen LogP contribution is -2.25. The Labute approximate surface area is 98.2 Å². The van der Waals surface area contributed by atoms with E-state index in [4.69, 9.17) is 0 Å². The molecule has 3 nitrogen and oxygen atoms in total. The van der Waals surface area contributed by atoms with Gasteiger partial charge in [0.05, 0.1) is 11.3 Å². The van der Waals surface area contributed by atoms with Gasteiger partial charge in [0.25, 0.3) is 5.91 Å². The molecule has 0 fully saturated rings. The Kier molecular flexibility index (Phi) is 3.79. The van der Waals surface area contributed by atoms with Crippen molar-refractivity contribution in [1.29, 1.82) is 0 Å². The molecule has 0 aliphatic rings. The molecule has 88 valence electrons. The molecule has 1 aromatic rings. The largest absolute Gasteiger partial charge is 0.482 e. The Morgan fingerprint density at radius 2 is 2.00 bits per heavy atom. The van der Waals surface area contributed by atoms with E-state index in [0.29, 0.717) is 4.47 Å². The molecule has 0 aromatic heterocycles. The van der Waals surface area contributed by atoms with Gasteiger partial charge in [0, 0.05) is 11.5 Å². The van der Waals surface area contributed by atoms with E-state index >= 15 is 0 Å². The molecular weight excluding hydrogens is 289 g/mol. The maximum absolute atomic E-state index is 12.1. The summed E-state index contributed by atoms with van der Waals surface area (Å²) in [5, 5.41) is 3.58. The molecule has 0 spiro atoms. The average molecular weight is 297 g/mol. The zero-order chi connectivity index (χ0) is 12.3. The molecule has 0 aliphatic heterocycles. The van der Waals surface area contributed by atoms with Gasteiger partial charge in [0.2, 0.25) is 0 Å². The average Bonchev–Trinajstić information content (AvgIpc) is 2.17. The van der Waals surface area contributed by atoms with Crippen LogP contribution in [0.25, 0.3) is 0 Å². The van der Waals surface area contributed by atoms with E-state index in [1.165, 1.54) is 30.6 Å². The number of halogens is 4. The third kappa shape index (κ3) is 3.41. The highest BCUT2D eigenvalue weighted by atomic mass is 79.9. The van der Waals surface area contributed by atoms with Gasteiger partial charge in [-0.15, -0.1) is 0 Å². The lowest BCUT2D eigenvalue weighted by atomic mass is 10.1. The highest BCUT2D eigenvalue weighted by Gasteiger charge is 2.29. The molecular formula is C9H8BrF3N2O. The number of hydrogen-bond acceptors (Lipinski definition) is 2. The molecule has 0 aliphatic carbocycles. The Balaban J connectivity index is 3.13. The van der Waals surface area contributed by atoms with Gasteiger partial charge in [-0.05, 0) is 18.2 Å². The van der Waals surface area contributed by atoms with E-state index in [0.717, 1.165) is 0 Å². The van der Waals surface area contributed by atoms with Crippen LogP contribution in [0.15, 0.2) is 22.7 Å². The summed E-state index contributed by atoms with van der Waals surface area (Å²) >= 11 is 3.08. The number of nitrogens with one attached hydrogen (secondary N) is 2. The summed E-state index contributed by atoms with van der Waals surface area (Å²) < 4.78 is 36.9. The highest BCUT2D eigenvalue weighted by molar-refractivity contribution is 9.10. The number of anilines is 1. The Morgan fingerprint density at radius 3 is 2.50 bits per heavy atom. The van der Waals surface area contributed by atoms with Crippen LogP contribution in [0, 0.1) is 0 Å². The second-order valence-electron chi connectivity index (χ2n) is 2.89. The van der Waals surface area contributed by atoms with Crippen molar-refractivity contribution in [3.63, 3.8) is 0 Å². The molecule has 0 saturated heterocycles. The molecule has 16 heavy (non-hydrogen) atoms. The van der Waals surface area contributed by atoms with Crippen LogP contribution in [0.4, 0.5) is 18.9 Å². The lowest BCUT2D eigenvalue weighted by Gasteiger charge is -2.13. The van der Waals surface area contributed by atoms with Crippen molar-refractivity contribution >= 4 is 27.5 Å². The number of alkyl halides is 3. The summed E-state index contributed by atoms with van der Waals surface area (Å²) in [4.78, 5) is 11.3. The summed E-state index contributed by atoms with van der Waals surface area (Å²) in [5.74, 6) is -0.590. The van der Waals surface area contributed by atoms with Gasteiger partial charge in [-0.2, -0.15) is 13.2 Å². The Hall–Kier alpha value is -1.24. The fraction of sp³-hybridized carbons (Fsp3) is 0.222. The standard InChI is InChI=1S/C9H8BrF3N2O/c1-14-8(16)6-4-5(10)2-3-7(6)15-9(11,12)13/h2-4,15H,1H3,(H,14,16). The quantitative estimate of drug-likeness (QED) is 0.824. The van der Waals surface area contributed by atoms with Crippen LogP contribution in [0.3, 0.4) is 0 Å². The minimum Gasteiger partial charge on any atom is -0.355 e. The van der Waals surface area contributed by atoms with E-state index in [1.54, 1.807) is 0 Å². The van der Waals surface area contributed by atoms with Crippen LogP contribution >= 0.6 is 15.9 Å². The van der Waals surface area contributed by atoms with Crippen LogP contribution in [0.1, 0.15) is 10.4 Å². The lowest BCUT2D eigenvalue weighted by molar-refractivity contribution is -0.0999. The van der Waals surface area contributed by atoms with Gasteiger partial charge in [-0.3, -0.25) is 10.1 Å². The van der Waals surface area contributed by atoms with E-state index in [2.05, 4.69) is 21.2 Å². The number of hydrogen-bond donors (Lipinski definition) is 2. The first-order valence-electron chi connectivity index (χ1n) is 4.20. The predicted octanol–water partition coefficient (Wildman–Crippen LogP) is 2.74. The number of amides is 1. The van der Waals surface area contributed by atoms with E-state index in [-0.39, 0.29) is 11.3 Å². The first kappa shape index (κ1) is 12.8. The van der Waals surface area contributed by atoms with E-state index < -0.39 is 12.2 Å². The van der Waals surface area contributed by atoms with Crippen molar-refractivity contribution in [2.75, 3.05) is 12.4 Å². The Bertz CT molecular complexity index is 406. The van der Waals surface area contributed by atoms with Crippen molar-refractivity contribution in [2.24, 2.45) is 0 Å². The van der Waals surface area contributed by atoms with Crippen molar-refractivity contribution in [2.45, 2.75) is 6.30 Å². The Morgan fingerprint density at radius 1 is 1.38 bits per heavy atom. The van der Waals surface area contributed by atoms with Crippen LogP contribution in [0.5, 0.6) is 0 Å². The SMILES string of the molecule is CNC(=O)c1cc(Br)ccc1NC(F)(F)F.